The van der Waals surface area contributed by atoms with Crippen LogP contribution in [0.3, 0.4) is 0 Å². The van der Waals surface area contributed by atoms with Crippen molar-refractivity contribution in [2.45, 2.75) is 118 Å². The van der Waals surface area contributed by atoms with Crippen LogP contribution in [0.1, 0.15) is 100.0 Å². The number of ether oxygens (including phenoxy) is 2. The van der Waals surface area contributed by atoms with Gasteiger partial charge in [0.2, 0.25) is 5.91 Å². The second-order valence-corrected chi connectivity index (χ2v) is 12.7. The predicted octanol–water partition coefficient (Wildman–Crippen LogP) is 6.02. The summed E-state index contributed by atoms with van der Waals surface area (Å²) in [5, 5.41) is 16.1. The molecular weight excluding hydrogens is 508 g/mol. The van der Waals surface area contributed by atoms with Crippen LogP contribution in [-0.4, -0.2) is 53.0 Å². The van der Waals surface area contributed by atoms with E-state index in [0.29, 0.717) is 18.4 Å². The third-order valence-electron chi connectivity index (χ3n) is 6.00. The van der Waals surface area contributed by atoms with Crippen molar-refractivity contribution in [3.63, 3.8) is 0 Å². The van der Waals surface area contributed by atoms with Gasteiger partial charge in [-0.2, -0.15) is 0 Å². The summed E-state index contributed by atoms with van der Waals surface area (Å²) in [6, 6.07) is 7.53. The zero-order valence-electron chi connectivity index (χ0n) is 26.0. The molecule has 0 unspecified atom stereocenters. The first kappa shape index (κ1) is 35.2. The molecule has 0 aliphatic heterocycles. The van der Waals surface area contributed by atoms with Gasteiger partial charge in [0, 0.05) is 5.92 Å². The minimum atomic E-state index is -1.09. The number of amides is 2. The molecule has 0 aromatic heterocycles. The average molecular weight is 561 g/mol. The van der Waals surface area contributed by atoms with Gasteiger partial charge in [0.05, 0.1) is 6.61 Å². The Kier molecular flexibility index (Phi) is 14.4. The Morgan fingerprint density at radius 2 is 1.52 bits per heavy atom. The minimum Gasteiger partial charge on any atom is -0.458 e. The van der Waals surface area contributed by atoms with Gasteiger partial charge in [-0.25, -0.2) is 9.59 Å². The lowest BCUT2D eigenvalue weighted by Gasteiger charge is -2.32. The number of carbonyl (C=O) groups excluding carboxylic acids is 3. The second-order valence-electron chi connectivity index (χ2n) is 12.7. The Balaban J connectivity index is 3.53. The number of aliphatic hydroxyl groups excluding tert-OH is 1. The molecule has 0 aliphatic rings. The molecule has 0 saturated carbocycles. The Hall–Kier alpha value is -2.87. The lowest BCUT2D eigenvalue weighted by molar-refractivity contribution is -0.159. The van der Waals surface area contributed by atoms with Crippen LogP contribution in [0.4, 0.5) is 4.79 Å². The van der Waals surface area contributed by atoms with E-state index in [1.165, 1.54) is 0 Å². The third-order valence-corrected chi connectivity index (χ3v) is 6.00. The van der Waals surface area contributed by atoms with Gasteiger partial charge in [-0.1, -0.05) is 76.4 Å². The van der Waals surface area contributed by atoms with Gasteiger partial charge in [0.25, 0.3) is 0 Å². The maximum Gasteiger partial charge on any atom is 0.408 e. The molecule has 8 heteroatoms. The molecule has 1 aromatic carbocycles. The maximum absolute atomic E-state index is 14.0. The van der Waals surface area contributed by atoms with Gasteiger partial charge in [0.1, 0.15) is 23.3 Å². The minimum absolute atomic E-state index is 0.0985. The van der Waals surface area contributed by atoms with E-state index >= 15 is 0 Å². The van der Waals surface area contributed by atoms with Crippen molar-refractivity contribution < 1.29 is 29.0 Å². The number of hydrogen-bond acceptors (Lipinski definition) is 6. The van der Waals surface area contributed by atoms with Gasteiger partial charge in [0.15, 0.2) is 0 Å². The van der Waals surface area contributed by atoms with Crippen LogP contribution >= 0.6 is 0 Å². The fourth-order valence-corrected chi connectivity index (χ4v) is 4.32. The van der Waals surface area contributed by atoms with E-state index in [4.69, 9.17) is 9.47 Å². The Bertz CT molecular complexity index is 960. The number of carbonyl (C=O) groups is 3. The lowest BCUT2D eigenvalue weighted by Crippen LogP contribution is -2.56. The van der Waals surface area contributed by atoms with E-state index in [0.717, 1.165) is 24.8 Å². The highest BCUT2D eigenvalue weighted by atomic mass is 16.6. The third kappa shape index (κ3) is 14.0. The summed E-state index contributed by atoms with van der Waals surface area (Å²) in [5.41, 5.74) is -0.0265. The van der Waals surface area contributed by atoms with Gasteiger partial charge in [-0.3, -0.25) is 4.79 Å². The van der Waals surface area contributed by atoms with Gasteiger partial charge in [-0.15, -0.1) is 0 Å². The summed E-state index contributed by atoms with van der Waals surface area (Å²) in [6.07, 6.45) is 4.70. The topological polar surface area (TPSA) is 114 Å². The zero-order valence-corrected chi connectivity index (χ0v) is 26.0. The maximum atomic E-state index is 14.0. The molecule has 2 amide bonds. The smallest absolute Gasteiger partial charge is 0.408 e. The molecule has 0 spiro atoms. The number of benzene rings is 1. The molecule has 0 aliphatic carbocycles. The van der Waals surface area contributed by atoms with Crippen LogP contribution in [0.25, 0.3) is 6.08 Å². The second kappa shape index (κ2) is 16.4. The fourth-order valence-electron chi connectivity index (χ4n) is 4.32. The normalized spacial score (nSPS) is 14.7. The van der Waals surface area contributed by atoms with Crippen molar-refractivity contribution in [2.24, 2.45) is 11.8 Å². The molecular formula is C32H52N2O6. The van der Waals surface area contributed by atoms with Crippen LogP contribution in [0.2, 0.25) is 0 Å². The molecule has 0 heterocycles. The Labute approximate surface area is 241 Å². The van der Waals surface area contributed by atoms with Crippen LogP contribution in [0, 0.1) is 11.8 Å². The molecule has 8 nitrogen and oxygen atoms in total. The van der Waals surface area contributed by atoms with Crippen molar-refractivity contribution in [1.29, 1.82) is 0 Å². The SMILES string of the molecule is CCCCC[C@@H](/C(=C/c1ccccc1)CO)[C@@H](NC(=O)OC(C)(C)C)C(=O)N[C@@H](CC(C)C)C(=O)OC(C)(C)C. The highest BCUT2D eigenvalue weighted by Gasteiger charge is 2.36. The van der Waals surface area contributed by atoms with Gasteiger partial charge in [-0.05, 0) is 71.4 Å². The average Bonchev–Trinajstić information content (AvgIpc) is 2.82. The highest BCUT2D eigenvalue weighted by Crippen LogP contribution is 2.26. The van der Waals surface area contributed by atoms with E-state index in [-0.39, 0.29) is 12.5 Å². The molecule has 0 radical (unpaired) electrons. The fraction of sp³-hybridized carbons (Fsp3) is 0.656. The number of esters is 1. The lowest BCUT2D eigenvalue weighted by atomic mass is 9.84. The van der Waals surface area contributed by atoms with E-state index in [9.17, 15) is 19.5 Å². The van der Waals surface area contributed by atoms with Gasteiger partial charge < -0.3 is 25.2 Å². The van der Waals surface area contributed by atoms with Crippen LogP contribution < -0.4 is 10.6 Å². The van der Waals surface area contributed by atoms with Crippen LogP contribution in [0.5, 0.6) is 0 Å². The standard InChI is InChI=1S/C32H52N2O6/c1-10-11-13-18-25(24(21-35)20-23-16-14-12-15-17-23)27(34-30(38)40-32(7,8)9)28(36)33-26(19-22(2)3)29(37)39-31(4,5)6/h12,14-17,20,22,25-27,35H,10-11,13,18-19,21H2,1-9H3,(H,33,36)(H,34,38)/b24-20+/t25-,26-,27+/m0/s1. The molecule has 3 N–H and O–H groups in total. The first-order valence-corrected chi connectivity index (χ1v) is 14.4. The zero-order chi connectivity index (χ0) is 30.5. The molecule has 1 rings (SSSR count). The molecule has 226 valence electrons. The number of aliphatic hydroxyl groups is 1. The first-order chi connectivity index (χ1) is 18.6. The van der Waals surface area contributed by atoms with Crippen molar-refractivity contribution in [1.82, 2.24) is 10.6 Å². The van der Waals surface area contributed by atoms with Crippen molar-refractivity contribution in [3.05, 3.63) is 41.5 Å². The molecule has 3 atom stereocenters. The Morgan fingerprint density at radius 1 is 0.925 bits per heavy atom. The highest BCUT2D eigenvalue weighted by molar-refractivity contribution is 5.90. The number of unbranched alkanes of at least 4 members (excludes halogenated alkanes) is 2. The number of alkyl carbamates (subject to hydrolysis) is 1. The molecule has 1 aromatic rings. The summed E-state index contributed by atoms with van der Waals surface area (Å²) < 4.78 is 11.1. The Morgan fingerprint density at radius 3 is 2.02 bits per heavy atom. The number of rotatable bonds is 14. The van der Waals surface area contributed by atoms with E-state index < -0.39 is 47.2 Å². The predicted molar refractivity (Wildman–Crippen MR) is 160 cm³/mol. The molecule has 0 fully saturated rings. The van der Waals surface area contributed by atoms with Gasteiger partial charge >= 0.3 is 12.1 Å². The number of nitrogens with one attached hydrogen (secondary N) is 2. The van der Waals surface area contributed by atoms with E-state index in [1.54, 1.807) is 41.5 Å². The van der Waals surface area contributed by atoms with E-state index in [1.807, 2.05) is 50.3 Å². The summed E-state index contributed by atoms with van der Waals surface area (Å²) in [6.45, 7) is 16.3. The molecule has 0 saturated heterocycles. The monoisotopic (exact) mass is 560 g/mol. The first-order valence-electron chi connectivity index (χ1n) is 14.4. The number of hydrogen-bond donors (Lipinski definition) is 3. The summed E-state index contributed by atoms with van der Waals surface area (Å²) in [5.74, 6) is -1.50. The quantitative estimate of drug-likeness (QED) is 0.189. The van der Waals surface area contributed by atoms with Crippen molar-refractivity contribution in [3.8, 4) is 0 Å². The van der Waals surface area contributed by atoms with E-state index in [2.05, 4.69) is 17.6 Å². The summed E-state index contributed by atoms with van der Waals surface area (Å²) >= 11 is 0. The van der Waals surface area contributed by atoms with Crippen LogP contribution in [0.15, 0.2) is 35.9 Å². The molecule has 40 heavy (non-hydrogen) atoms. The van der Waals surface area contributed by atoms with Crippen molar-refractivity contribution >= 4 is 24.0 Å². The summed E-state index contributed by atoms with van der Waals surface area (Å²) in [7, 11) is 0. The summed E-state index contributed by atoms with van der Waals surface area (Å²) in [4.78, 5) is 40.0. The largest absolute Gasteiger partial charge is 0.458 e. The van der Waals surface area contributed by atoms with Crippen LogP contribution in [-0.2, 0) is 19.1 Å². The molecule has 0 bridgehead atoms. The van der Waals surface area contributed by atoms with Crippen molar-refractivity contribution in [2.75, 3.05) is 6.61 Å².